The van der Waals surface area contributed by atoms with E-state index in [0.717, 1.165) is 12.0 Å². The van der Waals surface area contributed by atoms with Crippen molar-refractivity contribution in [3.63, 3.8) is 0 Å². The van der Waals surface area contributed by atoms with Crippen LogP contribution in [0, 0.1) is 5.92 Å². The van der Waals surface area contributed by atoms with Crippen molar-refractivity contribution in [2.75, 3.05) is 6.54 Å². The van der Waals surface area contributed by atoms with Crippen molar-refractivity contribution >= 4 is 0 Å². The summed E-state index contributed by atoms with van der Waals surface area (Å²) in [6.45, 7) is 7.24. The topological polar surface area (TPSA) is 12.0 Å². The zero-order chi connectivity index (χ0) is 11.6. The second-order valence-corrected chi connectivity index (χ2v) is 5.26. The van der Waals surface area contributed by atoms with Crippen LogP contribution in [-0.4, -0.2) is 12.6 Å². The molecule has 0 radical (unpaired) electrons. The molecule has 1 fully saturated rings. The van der Waals surface area contributed by atoms with Gasteiger partial charge in [0, 0.05) is 6.04 Å². The molecule has 1 aliphatic carbocycles. The largest absolute Gasteiger partial charge is 0.314 e. The van der Waals surface area contributed by atoms with Gasteiger partial charge in [-0.15, -0.1) is 6.58 Å². The molecule has 0 heterocycles. The normalized spacial score (nSPS) is 18.8. The summed E-state index contributed by atoms with van der Waals surface area (Å²) in [6.07, 6.45) is 14.4. The minimum Gasteiger partial charge on any atom is -0.314 e. The lowest BCUT2D eigenvalue weighted by atomic mass is 9.95. The van der Waals surface area contributed by atoms with Crippen molar-refractivity contribution < 1.29 is 0 Å². The molecule has 0 spiro atoms. The Bertz CT molecular complexity index is 170. The van der Waals surface area contributed by atoms with Crippen LogP contribution in [0.25, 0.3) is 0 Å². The quantitative estimate of drug-likeness (QED) is 0.454. The van der Waals surface area contributed by atoms with Crippen LogP contribution in [-0.2, 0) is 0 Å². The molecule has 1 nitrogen and oxygen atoms in total. The number of hydrogen-bond donors (Lipinski definition) is 1. The molecule has 1 unspecified atom stereocenters. The fraction of sp³-hybridized carbons (Fsp3) is 0.867. The summed E-state index contributed by atoms with van der Waals surface area (Å²) in [7, 11) is 0. The standard InChI is InChI=1S/C15H29N/c1-3-5-6-11-15(16-12-4-2)13-14-9-7-8-10-14/h3,14-16H,1,4-13H2,2H3. The van der Waals surface area contributed by atoms with Gasteiger partial charge < -0.3 is 5.32 Å². The predicted octanol–water partition coefficient (Wildman–Crippen LogP) is 4.29. The summed E-state index contributed by atoms with van der Waals surface area (Å²) in [6, 6.07) is 0.767. The van der Waals surface area contributed by atoms with E-state index in [1.54, 1.807) is 0 Å². The zero-order valence-corrected chi connectivity index (χ0v) is 11.0. The molecule has 1 saturated carbocycles. The van der Waals surface area contributed by atoms with Crippen LogP contribution in [0.4, 0.5) is 0 Å². The summed E-state index contributed by atoms with van der Waals surface area (Å²) in [5, 5.41) is 3.72. The molecule has 1 rings (SSSR count). The average molecular weight is 223 g/mol. The molecule has 0 aromatic rings. The summed E-state index contributed by atoms with van der Waals surface area (Å²) >= 11 is 0. The molecule has 0 aromatic heterocycles. The molecule has 0 bridgehead atoms. The van der Waals surface area contributed by atoms with Crippen molar-refractivity contribution in [3.8, 4) is 0 Å². The molecule has 1 N–H and O–H groups in total. The minimum atomic E-state index is 0.767. The van der Waals surface area contributed by atoms with Crippen molar-refractivity contribution in [1.82, 2.24) is 5.32 Å². The SMILES string of the molecule is C=CCCCC(CC1CCCC1)NCCC. The highest BCUT2D eigenvalue weighted by atomic mass is 14.9. The second-order valence-electron chi connectivity index (χ2n) is 5.26. The first kappa shape index (κ1) is 13.8. The van der Waals surface area contributed by atoms with Crippen LogP contribution in [0.15, 0.2) is 12.7 Å². The smallest absolute Gasteiger partial charge is 0.00698 e. The molecule has 0 aromatic carbocycles. The van der Waals surface area contributed by atoms with Gasteiger partial charge >= 0.3 is 0 Å². The molecule has 1 heteroatoms. The van der Waals surface area contributed by atoms with Crippen molar-refractivity contribution in [3.05, 3.63) is 12.7 Å². The van der Waals surface area contributed by atoms with E-state index in [9.17, 15) is 0 Å². The van der Waals surface area contributed by atoms with Gasteiger partial charge in [-0.25, -0.2) is 0 Å². The maximum Gasteiger partial charge on any atom is 0.00698 e. The fourth-order valence-electron chi connectivity index (χ4n) is 2.81. The molecular formula is C15H29N. The fourth-order valence-corrected chi connectivity index (χ4v) is 2.81. The number of nitrogens with one attached hydrogen (secondary N) is 1. The summed E-state index contributed by atoms with van der Waals surface area (Å²) in [5.74, 6) is 1.01. The molecule has 0 amide bonds. The third-order valence-electron chi connectivity index (χ3n) is 3.74. The van der Waals surface area contributed by atoms with E-state index in [2.05, 4.69) is 18.8 Å². The van der Waals surface area contributed by atoms with Gasteiger partial charge in [-0.05, 0) is 44.6 Å². The molecule has 1 aliphatic rings. The monoisotopic (exact) mass is 223 g/mol. The Balaban J connectivity index is 2.21. The van der Waals surface area contributed by atoms with Crippen molar-refractivity contribution in [2.24, 2.45) is 5.92 Å². The third kappa shape index (κ3) is 5.69. The van der Waals surface area contributed by atoms with Gasteiger partial charge in [-0.3, -0.25) is 0 Å². The van der Waals surface area contributed by atoms with Gasteiger partial charge in [0.05, 0.1) is 0 Å². The lowest BCUT2D eigenvalue weighted by Gasteiger charge is -2.21. The van der Waals surface area contributed by atoms with E-state index in [1.807, 2.05) is 6.08 Å². The molecular weight excluding hydrogens is 194 g/mol. The van der Waals surface area contributed by atoms with E-state index >= 15 is 0 Å². The van der Waals surface area contributed by atoms with Gasteiger partial charge in [0.2, 0.25) is 0 Å². The number of hydrogen-bond acceptors (Lipinski definition) is 1. The Morgan fingerprint density at radius 2 is 2.12 bits per heavy atom. The van der Waals surface area contributed by atoms with E-state index < -0.39 is 0 Å². The van der Waals surface area contributed by atoms with Gasteiger partial charge in [-0.2, -0.15) is 0 Å². The summed E-state index contributed by atoms with van der Waals surface area (Å²) in [5.41, 5.74) is 0. The Morgan fingerprint density at radius 1 is 1.38 bits per heavy atom. The maximum absolute atomic E-state index is 3.80. The van der Waals surface area contributed by atoms with Crippen molar-refractivity contribution in [2.45, 2.75) is 70.8 Å². The third-order valence-corrected chi connectivity index (χ3v) is 3.74. The minimum absolute atomic E-state index is 0.767. The number of unbranched alkanes of at least 4 members (excludes halogenated alkanes) is 1. The molecule has 0 aliphatic heterocycles. The Kier molecular flexibility index (Phi) is 7.58. The molecule has 0 saturated heterocycles. The zero-order valence-electron chi connectivity index (χ0n) is 11.0. The van der Waals surface area contributed by atoms with E-state index in [0.29, 0.717) is 0 Å². The van der Waals surface area contributed by atoms with E-state index in [4.69, 9.17) is 0 Å². The summed E-state index contributed by atoms with van der Waals surface area (Å²) in [4.78, 5) is 0. The van der Waals surface area contributed by atoms with Gasteiger partial charge in [0.1, 0.15) is 0 Å². The van der Waals surface area contributed by atoms with Crippen LogP contribution >= 0.6 is 0 Å². The molecule has 1 atom stereocenters. The number of allylic oxidation sites excluding steroid dienone is 1. The average Bonchev–Trinajstić information content (AvgIpc) is 2.78. The highest BCUT2D eigenvalue weighted by Crippen LogP contribution is 2.29. The first-order valence-corrected chi connectivity index (χ1v) is 7.21. The van der Waals surface area contributed by atoms with Crippen LogP contribution in [0.3, 0.4) is 0 Å². The highest BCUT2D eigenvalue weighted by Gasteiger charge is 2.19. The summed E-state index contributed by atoms with van der Waals surface area (Å²) < 4.78 is 0. The van der Waals surface area contributed by atoms with Crippen molar-refractivity contribution in [1.29, 1.82) is 0 Å². The Hall–Kier alpha value is -0.300. The van der Waals surface area contributed by atoms with Gasteiger partial charge in [0.15, 0.2) is 0 Å². The maximum atomic E-state index is 3.80. The first-order valence-electron chi connectivity index (χ1n) is 7.21. The van der Waals surface area contributed by atoms with Crippen LogP contribution < -0.4 is 5.32 Å². The van der Waals surface area contributed by atoms with Crippen LogP contribution in [0.5, 0.6) is 0 Å². The second kappa shape index (κ2) is 8.81. The van der Waals surface area contributed by atoms with Gasteiger partial charge in [-0.1, -0.05) is 38.7 Å². The predicted molar refractivity (Wildman–Crippen MR) is 72.7 cm³/mol. The molecule has 16 heavy (non-hydrogen) atoms. The lowest BCUT2D eigenvalue weighted by molar-refractivity contribution is 0.366. The lowest BCUT2D eigenvalue weighted by Crippen LogP contribution is -2.31. The van der Waals surface area contributed by atoms with Gasteiger partial charge in [0.25, 0.3) is 0 Å². The Morgan fingerprint density at radius 3 is 2.75 bits per heavy atom. The van der Waals surface area contributed by atoms with E-state index in [1.165, 1.54) is 64.3 Å². The number of rotatable bonds is 9. The van der Waals surface area contributed by atoms with E-state index in [-0.39, 0.29) is 0 Å². The first-order chi connectivity index (χ1) is 7.86. The van der Waals surface area contributed by atoms with Crippen LogP contribution in [0.2, 0.25) is 0 Å². The Labute approximate surface area is 102 Å². The highest BCUT2D eigenvalue weighted by molar-refractivity contribution is 4.77. The molecule has 94 valence electrons. The van der Waals surface area contributed by atoms with Crippen LogP contribution in [0.1, 0.15) is 64.7 Å².